The van der Waals surface area contributed by atoms with Crippen LogP contribution in [0.25, 0.3) is 0 Å². The molecule has 2 bridgehead atoms. The Balaban J connectivity index is 1.26. The minimum absolute atomic E-state index is 0.0370. The van der Waals surface area contributed by atoms with Crippen LogP contribution in [0.1, 0.15) is 49.8 Å². The van der Waals surface area contributed by atoms with E-state index in [0.717, 1.165) is 17.8 Å². The number of rotatable bonds is 5. The Morgan fingerprint density at radius 1 is 1.06 bits per heavy atom. The fourth-order valence-electron chi connectivity index (χ4n) is 4.63. The van der Waals surface area contributed by atoms with Gasteiger partial charge in [0, 0.05) is 56.0 Å². The Kier molecular flexibility index (Phi) is 6.11. The third-order valence-electron chi connectivity index (χ3n) is 6.26. The first-order valence-corrected chi connectivity index (χ1v) is 11.0. The minimum atomic E-state index is -0.143. The van der Waals surface area contributed by atoms with Crippen molar-refractivity contribution >= 4 is 17.6 Å². The molecule has 7 nitrogen and oxygen atoms in total. The van der Waals surface area contributed by atoms with Crippen LogP contribution in [0.5, 0.6) is 0 Å². The molecule has 2 aliphatic rings. The average molecular weight is 423 g/mol. The maximum atomic E-state index is 12.7. The van der Waals surface area contributed by atoms with Gasteiger partial charge in [-0.15, -0.1) is 0 Å². The maximum Gasteiger partial charge on any atom is 0.317 e. The molecule has 1 saturated heterocycles. The van der Waals surface area contributed by atoms with Crippen LogP contribution >= 0.6 is 0 Å². The zero-order chi connectivity index (χ0) is 22.0. The number of benzene rings is 1. The molecular weight excluding hydrogens is 392 g/mol. The zero-order valence-electron chi connectivity index (χ0n) is 18.1. The number of carbonyl (C=O) groups excluding carboxylic acids is 2. The molecule has 164 valence electrons. The summed E-state index contributed by atoms with van der Waals surface area (Å²) in [5, 5.41) is 5.75. The molecule has 0 spiro atoms. The SMILES string of the molecule is CC(C)c1ccc(NC(=O)CCNC(=O)N2C[C@@H]3C[C@H](C2)c2cccc(=O)n2C3)cc1. The third-order valence-corrected chi connectivity index (χ3v) is 6.26. The number of pyridine rings is 1. The third kappa shape index (κ3) is 4.81. The van der Waals surface area contributed by atoms with E-state index in [1.165, 1.54) is 5.56 Å². The summed E-state index contributed by atoms with van der Waals surface area (Å²) in [4.78, 5) is 38.8. The number of likely N-dealkylation sites (tertiary alicyclic amines) is 1. The van der Waals surface area contributed by atoms with Gasteiger partial charge in [0.05, 0.1) is 0 Å². The summed E-state index contributed by atoms with van der Waals surface area (Å²) in [5.41, 5.74) is 3.04. The molecule has 0 saturated carbocycles. The zero-order valence-corrected chi connectivity index (χ0v) is 18.1. The minimum Gasteiger partial charge on any atom is -0.337 e. The highest BCUT2D eigenvalue weighted by molar-refractivity contribution is 5.91. The van der Waals surface area contributed by atoms with Crippen molar-refractivity contribution in [3.63, 3.8) is 0 Å². The molecule has 3 heterocycles. The van der Waals surface area contributed by atoms with Gasteiger partial charge in [-0.05, 0) is 42.0 Å². The predicted octanol–water partition coefficient (Wildman–Crippen LogP) is 3.13. The van der Waals surface area contributed by atoms with Crippen LogP contribution in [0.3, 0.4) is 0 Å². The second kappa shape index (κ2) is 8.96. The van der Waals surface area contributed by atoms with Crippen molar-refractivity contribution in [1.82, 2.24) is 14.8 Å². The van der Waals surface area contributed by atoms with Crippen LogP contribution in [0, 0.1) is 5.92 Å². The van der Waals surface area contributed by atoms with Gasteiger partial charge in [0.2, 0.25) is 5.91 Å². The number of hydrogen-bond acceptors (Lipinski definition) is 3. The summed E-state index contributed by atoms with van der Waals surface area (Å²) in [5.74, 6) is 0.795. The van der Waals surface area contributed by atoms with Gasteiger partial charge >= 0.3 is 6.03 Å². The van der Waals surface area contributed by atoms with E-state index in [-0.39, 0.29) is 42.3 Å². The lowest BCUT2D eigenvalue weighted by molar-refractivity contribution is -0.116. The number of anilines is 1. The number of amides is 3. The number of urea groups is 1. The summed E-state index contributed by atoms with van der Waals surface area (Å²) in [6.07, 6.45) is 1.22. The molecule has 2 aliphatic heterocycles. The highest BCUT2D eigenvalue weighted by atomic mass is 16.2. The van der Waals surface area contributed by atoms with Crippen LogP contribution in [0.2, 0.25) is 0 Å². The van der Waals surface area contributed by atoms with Gasteiger partial charge in [-0.1, -0.05) is 32.0 Å². The van der Waals surface area contributed by atoms with Crippen LogP contribution in [-0.2, 0) is 11.3 Å². The quantitative estimate of drug-likeness (QED) is 0.777. The van der Waals surface area contributed by atoms with E-state index in [0.29, 0.717) is 25.6 Å². The second-order valence-electron chi connectivity index (χ2n) is 8.91. The van der Waals surface area contributed by atoms with Crippen LogP contribution in [-0.4, -0.2) is 41.0 Å². The summed E-state index contributed by atoms with van der Waals surface area (Å²) in [6, 6.07) is 13.1. The van der Waals surface area contributed by atoms with Gasteiger partial charge in [0.25, 0.3) is 5.56 Å². The molecule has 0 unspecified atom stereocenters. The Morgan fingerprint density at radius 2 is 1.84 bits per heavy atom. The molecule has 1 fully saturated rings. The first-order valence-electron chi connectivity index (χ1n) is 11.0. The number of nitrogens with one attached hydrogen (secondary N) is 2. The van der Waals surface area contributed by atoms with Crippen molar-refractivity contribution in [3.8, 4) is 0 Å². The number of hydrogen-bond donors (Lipinski definition) is 2. The molecule has 2 aromatic rings. The molecule has 7 heteroatoms. The van der Waals surface area contributed by atoms with Crippen molar-refractivity contribution in [2.24, 2.45) is 5.92 Å². The highest BCUT2D eigenvalue weighted by Gasteiger charge is 2.36. The van der Waals surface area contributed by atoms with Crippen molar-refractivity contribution < 1.29 is 9.59 Å². The smallest absolute Gasteiger partial charge is 0.317 e. The first-order chi connectivity index (χ1) is 14.9. The van der Waals surface area contributed by atoms with Gasteiger partial charge in [0.1, 0.15) is 0 Å². The maximum absolute atomic E-state index is 12.7. The fourth-order valence-corrected chi connectivity index (χ4v) is 4.63. The topological polar surface area (TPSA) is 83.4 Å². The molecule has 2 N–H and O–H groups in total. The van der Waals surface area contributed by atoms with E-state index < -0.39 is 0 Å². The summed E-state index contributed by atoms with van der Waals surface area (Å²) < 4.78 is 1.85. The van der Waals surface area contributed by atoms with Crippen LogP contribution in [0.15, 0.2) is 47.3 Å². The molecule has 31 heavy (non-hydrogen) atoms. The number of carbonyl (C=O) groups is 2. The standard InChI is InChI=1S/C24H30N4O3/c1-16(2)18-6-8-20(9-7-18)26-22(29)10-11-25-24(31)27-13-17-12-19(15-27)21-4-3-5-23(30)28(21)14-17/h3-9,16-17,19H,10-15H2,1-2H3,(H,25,31)(H,26,29)/t17-,19+/m0/s1. The van der Waals surface area contributed by atoms with Gasteiger partial charge in [-0.25, -0.2) is 4.79 Å². The lowest BCUT2D eigenvalue weighted by Gasteiger charge is -2.42. The molecule has 4 rings (SSSR count). The lowest BCUT2D eigenvalue weighted by Crippen LogP contribution is -2.52. The van der Waals surface area contributed by atoms with Crippen LogP contribution in [0.4, 0.5) is 10.5 Å². The molecular formula is C24H30N4O3. The molecule has 2 atom stereocenters. The molecule has 3 amide bonds. The predicted molar refractivity (Wildman–Crippen MR) is 120 cm³/mol. The average Bonchev–Trinajstić information content (AvgIpc) is 2.74. The van der Waals surface area contributed by atoms with Crippen molar-refractivity contribution in [1.29, 1.82) is 0 Å². The van der Waals surface area contributed by atoms with Crippen LogP contribution < -0.4 is 16.2 Å². The summed E-state index contributed by atoms with van der Waals surface area (Å²) in [7, 11) is 0. The van der Waals surface area contributed by atoms with Gasteiger partial charge < -0.3 is 20.1 Å². The van der Waals surface area contributed by atoms with Gasteiger partial charge in [0.15, 0.2) is 0 Å². The molecule has 0 aliphatic carbocycles. The van der Waals surface area contributed by atoms with Crippen molar-refractivity contribution in [2.75, 3.05) is 25.0 Å². The fraction of sp³-hybridized carbons (Fsp3) is 0.458. The first kappa shape index (κ1) is 21.2. The Morgan fingerprint density at radius 3 is 2.58 bits per heavy atom. The summed E-state index contributed by atoms with van der Waals surface area (Å²) in [6.45, 7) is 6.44. The van der Waals surface area contributed by atoms with E-state index >= 15 is 0 Å². The monoisotopic (exact) mass is 422 g/mol. The number of nitrogens with zero attached hydrogens (tertiary/aromatic N) is 2. The largest absolute Gasteiger partial charge is 0.337 e. The normalized spacial score (nSPS) is 19.6. The van der Waals surface area contributed by atoms with E-state index in [4.69, 9.17) is 0 Å². The molecule has 0 radical (unpaired) electrons. The van der Waals surface area contributed by atoms with E-state index in [1.807, 2.05) is 39.8 Å². The Hall–Kier alpha value is -3.09. The van der Waals surface area contributed by atoms with E-state index in [9.17, 15) is 14.4 Å². The van der Waals surface area contributed by atoms with Crippen molar-refractivity contribution in [2.45, 2.75) is 45.1 Å². The van der Waals surface area contributed by atoms with E-state index in [2.05, 4.69) is 24.5 Å². The van der Waals surface area contributed by atoms with Crippen molar-refractivity contribution in [3.05, 3.63) is 64.1 Å². The Labute approximate surface area is 182 Å². The second-order valence-corrected chi connectivity index (χ2v) is 8.91. The van der Waals surface area contributed by atoms with E-state index in [1.54, 1.807) is 12.1 Å². The number of piperidine rings is 1. The summed E-state index contributed by atoms with van der Waals surface area (Å²) >= 11 is 0. The number of fused-ring (bicyclic) bond motifs is 4. The number of aromatic nitrogens is 1. The lowest BCUT2D eigenvalue weighted by atomic mass is 9.83. The molecule has 1 aromatic heterocycles. The van der Waals surface area contributed by atoms with Gasteiger partial charge in [-0.3, -0.25) is 9.59 Å². The van der Waals surface area contributed by atoms with Gasteiger partial charge in [-0.2, -0.15) is 0 Å². The molecule has 1 aromatic carbocycles. The Bertz CT molecular complexity index is 1010. The highest BCUT2D eigenvalue weighted by Crippen LogP contribution is 2.34.